The fourth-order valence-corrected chi connectivity index (χ4v) is 5.45. The molecular formula is C35H37N3O7. The summed E-state index contributed by atoms with van der Waals surface area (Å²) in [5.41, 5.74) is 3.20. The highest BCUT2D eigenvalue weighted by molar-refractivity contribution is 5.94. The molecule has 0 aliphatic carbocycles. The number of rotatable bonds is 7. The molecule has 2 amide bonds. The average Bonchev–Trinajstić information content (AvgIpc) is 3.40. The molecule has 1 aliphatic heterocycles. The normalized spacial score (nSPS) is 15.1. The Morgan fingerprint density at radius 1 is 0.889 bits per heavy atom. The lowest BCUT2D eigenvalue weighted by Gasteiger charge is -2.35. The first kappa shape index (κ1) is 31.3. The van der Waals surface area contributed by atoms with Gasteiger partial charge in [0.2, 0.25) is 5.91 Å². The van der Waals surface area contributed by atoms with Crippen molar-refractivity contribution >= 4 is 35.0 Å². The number of aromatic nitrogens is 1. The largest absolute Gasteiger partial charge is 0.467 e. The van der Waals surface area contributed by atoms with Crippen LogP contribution < -0.4 is 5.32 Å². The minimum Gasteiger partial charge on any atom is -0.467 e. The van der Waals surface area contributed by atoms with Crippen molar-refractivity contribution < 1.29 is 33.4 Å². The number of esters is 1. The van der Waals surface area contributed by atoms with E-state index in [0.717, 1.165) is 22.1 Å². The summed E-state index contributed by atoms with van der Waals surface area (Å²) in [4.78, 5) is 54.7. The summed E-state index contributed by atoms with van der Waals surface area (Å²) in [5.74, 6) is -1.18. The Kier molecular flexibility index (Phi) is 9.22. The van der Waals surface area contributed by atoms with Gasteiger partial charge in [0.05, 0.1) is 19.2 Å². The number of methoxy groups -OCH3 is 1. The molecule has 0 saturated heterocycles. The highest BCUT2D eigenvalue weighted by atomic mass is 16.6. The third kappa shape index (κ3) is 7.34. The Bertz CT molecular complexity index is 1710. The van der Waals surface area contributed by atoms with Gasteiger partial charge in [-0.05, 0) is 49.1 Å². The number of para-hydroxylation sites is 1. The number of benzene rings is 3. The lowest BCUT2D eigenvalue weighted by Crippen LogP contribution is -2.56. The lowest BCUT2D eigenvalue weighted by atomic mass is 9.93. The molecule has 3 aromatic carbocycles. The molecule has 0 saturated carbocycles. The van der Waals surface area contributed by atoms with Crippen molar-refractivity contribution in [1.82, 2.24) is 14.8 Å². The molecule has 2 atom stereocenters. The van der Waals surface area contributed by atoms with E-state index >= 15 is 0 Å². The van der Waals surface area contributed by atoms with Crippen molar-refractivity contribution in [2.24, 2.45) is 0 Å². The maximum Gasteiger partial charge on any atom is 0.419 e. The van der Waals surface area contributed by atoms with Gasteiger partial charge >= 0.3 is 18.2 Å². The smallest absolute Gasteiger partial charge is 0.419 e. The van der Waals surface area contributed by atoms with Crippen LogP contribution >= 0.6 is 0 Å². The number of carbonyl (C=O) groups excluding carboxylic acids is 4. The highest BCUT2D eigenvalue weighted by Crippen LogP contribution is 2.27. The van der Waals surface area contributed by atoms with Crippen molar-refractivity contribution in [3.05, 3.63) is 107 Å². The molecule has 1 N–H and O–H groups in total. The van der Waals surface area contributed by atoms with E-state index < -0.39 is 41.7 Å². The predicted molar refractivity (Wildman–Crippen MR) is 167 cm³/mol. The molecule has 234 valence electrons. The van der Waals surface area contributed by atoms with E-state index in [-0.39, 0.29) is 26.0 Å². The van der Waals surface area contributed by atoms with Gasteiger partial charge in [-0.2, -0.15) is 0 Å². The molecule has 4 aromatic rings. The number of nitrogens with one attached hydrogen (secondary N) is 1. The average molecular weight is 612 g/mol. The number of nitrogens with zero attached hydrogens (tertiary/aromatic N) is 2. The van der Waals surface area contributed by atoms with Crippen LogP contribution in [-0.4, -0.2) is 58.3 Å². The van der Waals surface area contributed by atoms with E-state index in [0.29, 0.717) is 11.1 Å². The van der Waals surface area contributed by atoms with E-state index in [4.69, 9.17) is 14.2 Å². The van der Waals surface area contributed by atoms with Gasteiger partial charge in [0.1, 0.15) is 24.3 Å². The molecular weight excluding hydrogens is 574 g/mol. The fourth-order valence-electron chi connectivity index (χ4n) is 5.45. The third-order valence-corrected chi connectivity index (χ3v) is 7.60. The summed E-state index contributed by atoms with van der Waals surface area (Å²) in [5, 5.41) is 3.55. The molecule has 5 rings (SSSR count). The quantitative estimate of drug-likeness (QED) is 0.220. The second kappa shape index (κ2) is 13.3. The van der Waals surface area contributed by atoms with Gasteiger partial charge in [0.25, 0.3) is 0 Å². The van der Waals surface area contributed by atoms with Gasteiger partial charge in [-0.3, -0.25) is 14.3 Å². The van der Waals surface area contributed by atoms with Gasteiger partial charge in [-0.15, -0.1) is 0 Å². The molecule has 0 radical (unpaired) electrons. The number of fused-ring (bicyclic) bond motifs is 2. The van der Waals surface area contributed by atoms with Gasteiger partial charge in [0, 0.05) is 24.4 Å². The summed E-state index contributed by atoms with van der Waals surface area (Å²) in [6.07, 6.45) is 0.702. The zero-order valence-corrected chi connectivity index (χ0v) is 25.8. The predicted octanol–water partition coefficient (Wildman–Crippen LogP) is 5.39. The van der Waals surface area contributed by atoms with Gasteiger partial charge in [-0.25, -0.2) is 14.4 Å². The molecule has 10 heteroatoms. The van der Waals surface area contributed by atoms with Crippen LogP contribution in [0.3, 0.4) is 0 Å². The summed E-state index contributed by atoms with van der Waals surface area (Å²) in [6, 6.07) is 22.1. The second-order valence-corrected chi connectivity index (χ2v) is 12.0. The van der Waals surface area contributed by atoms with Crippen LogP contribution in [0.4, 0.5) is 9.59 Å². The van der Waals surface area contributed by atoms with Crippen molar-refractivity contribution in [3.63, 3.8) is 0 Å². The Morgan fingerprint density at radius 3 is 2.27 bits per heavy atom. The van der Waals surface area contributed by atoms with E-state index in [2.05, 4.69) is 5.32 Å². The Balaban J connectivity index is 1.40. The SMILES string of the molecule is COC(=O)[C@@H](Cc1cn(C(=O)OC(C)(C)C)c2ccccc12)NC(=O)[C@@H]1Cc2ccccc2CN1C(=O)OCc1ccccc1. The van der Waals surface area contributed by atoms with Crippen molar-refractivity contribution in [2.75, 3.05) is 7.11 Å². The minimum absolute atomic E-state index is 0.0382. The van der Waals surface area contributed by atoms with Crippen molar-refractivity contribution in [3.8, 4) is 0 Å². The Morgan fingerprint density at radius 2 is 1.56 bits per heavy atom. The zero-order valence-electron chi connectivity index (χ0n) is 25.8. The topological polar surface area (TPSA) is 116 Å². The van der Waals surface area contributed by atoms with Gasteiger partial charge < -0.3 is 19.5 Å². The van der Waals surface area contributed by atoms with E-state index in [1.165, 1.54) is 16.6 Å². The maximum absolute atomic E-state index is 13.9. The van der Waals surface area contributed by atoms with E-state index in [1.807, 2.05) is 66.7 Å². The Labute approximate surface area is 261 Å². The molecule has 2 heterocycles. The van der Waals surface area contributed by atoms with Crippen molar-refractivity contribution in [1.29, 1.82) is 0 Å². The monoisotopic (exact) mass is 611 g/mol. The first-order valence-electron chi connectivity index (χ1n) is 14.8. The van der Waals surface area contributed by atoms with Gasteiger partial charge in [0.15, 0.2) is 0 Å². The molecule has 1 aliphatic rings. The summed E-state index contributed by atoms with van der Waals surface area (Å²) in [7, 11) is 1.25. The molecule has 0 unspecified atom stereocenters. The molecule has 45 heavy (non-hydrogen) atoms. The summed E-state index contributed by atoms with van der Waals surface area (Å²) >= 11 is 0. The van der Waals surface area contributed by atoms with E-state index in [9.17, 15) is 19.2 Å². The minimum atomic E-state index is -1.10. The van der Waals surface area contributed by atoms with Crippen LogP contribution in [0.1, 0.15) is 43.0 Å². The molecule has 0 bridgehead atoms. The molecule has 0 fully saturated rings. The van der Waals surface area contributed by atoms with Crippen LogP contribution in [0.5, 0.6) is 0 Å². The lowest BCUT2D eigenvalue weighted by molar-refractivity contribution is -0.145. The second-order valence-electron chi connectivity index (χ2n) is 12.0. The van der Waals surface area contributed by atoms with Gasteiger partial charge in [-0.1, -0.05) is 72.8 Å². The number of hydrogen-bond acceptors (Lipinski definition) is 7. The number of hydrogen-bond donors (Lipinski definition) is 1. The van der Waals surface area contributed by atoms with Crippen LogP contribution in [0.2, 0.25) is 0 Å². The molecule has 10 nitrogen and oxygen atoms in total. The van der Waals surface area contributed by atoms with Crippen LogP contribution in [-0.2, 0) is 49.8 Å². The van der Waals surface area contributed by atoms with E-state index in [1.54, 1.807) is 39.1 Å². The summed E-state index contributed by atoms with van der Waals surface area (Å²) in [6.45, 7) is 5.58. The third-order valence-electron chi connectivity index (χ3n) is 7.60. The molecule has 1 aromatic heterocycles. The number of carbonyl (C=O) groups is 4. The maximum atomic E-state index is 13.9. The highest BCUT2D eigenvalue weighted by Gasteiger charge is 2.37. The zero-order chi connectivity index (χ0) is 32.1. The first-order valence-corrected chi connectivity index (χ1v) is 14.8. The standard InChI is InChI=1S/C35H37N3O7/c1-35(2,3)45-34(42)37-21-26(27-16-10-11-17-29(27)37)18-28(32(40)43-4)36-31(39)30-19-24-14-8-9-15-25(24)20-38(30)33(41)44-22-23-12-6-5-7-13-23/h5-17,21,28,30H,18-20,22H2,1-4H3,(H,36,39)/t28-,30+/m1/s1. The van der Waals surface area contributed by atoms with Crippen LogP contribution in [0.15, 0.2) is 85.1 Å². The fraction of sp³-hybridized carbons (Fsp3) is 0.314. The van der Waals surface area contributed by atoms with Crippen LogP contribution in [0, 0.1) is 0 Å². The summed E-state index contributed by atoms with van der Waals surface area (Å²) < 4.78 is 17.7. The van der Waals surface area contributed by atoms with Crippen molar-refractivity contribution in [2.45, 2.75) is 64.4 Å². The number of ether oxygens (including phenoxy) is 3. The first-order chi connectivity index (χ1) is 21.5. The number of amides is 2. The van der Waals surface area contributed by atoms with Crippen LogP contribution in [0.25, 0.3) is 10.9 Å². The Hall–Kier alpha value is -5.12. The molecule has 0 spiro atoms.